The highest BCUT2D eigenvalue weighted by Gasteiger charge is 2.64. The van der Waals surface area contributed by atoms with Crippen molar-refractivity contribution in [3.05, 3.63) is 112 Å². The van der Waals surface area contributed by atoms with Crippen LogP contribution in [0.5, 0.6) is 11.5 Å². The Morgan fingerprint density at radius 2 is 0.857 bits per heavy atom. The lowest BCUT2D eigenvalue weighted by Gasteiger charge is -2.32. The number of halogens is 1. The van der Waals surface area contributed by atoms with Gasteiger partial charge in [-0.2, -0.15) is 0 Å². The number of fused-ring (bicyclic) bond motifs is 2. The van der Waals surface area contributed by atoms with E-state index >= 15 is 0 Å². The fourth-order valence-corrected chi connectivity index (χ4v) is 9.11. The molecule has 14 nitrogen and oxygen atoms in total. The number of carbonyl (C=O) groups is 2. The molecule has 5 aliphatic heterocycles. The molecule has 4 aromatic carbocycles. The van der Waals surface area contributed by atoms with Gasteiger partial charge >= 0.3 is 21.1 Å². The number of anilines is 2. The summed E-state index contributed by atoms with van der Waals surface area (Å²) in [5.74, 6) is 1.46. The molecule has 0 aliphatic carbocycles. The van der Waals surface area contributed by atoms with Crippen molar-refractivity contribution in [2.75, 3.05) is 36.1 Å². The van der Waals surface area contributed by atoms with Gasteiger partial charge in [-0.1, -0.05) is 71.9 Å². The van der Waals surface area contributed by atoms with Gasteiger partial charge in [0.25, 0.3) is 0 Å². The van der Waals surface area contributed by atoms with Gasteiger partial charge in [-0.25, -0.2) is 0 Å². The number of rotatable bonds is 12. The summed E-state index contributed by atoms with van der Waals surface area (Å²) < 4.78 is 48.5. The maximum Gasteiger partial charge on any atom is 0.494 e. The van der Waals surface area contributed by atoms with Crippen molar-refractivity contribution in [1.82, 2.24) is 0 Å². The third-order valence-electron chi connectivity index (χ3n) is 15.6. The molecule has 0 unspecified atom stereocenters. The molecule has 0 saturated carbocycles. The van der Waals surface area contributed by atoms with E-state index in [2.05, 4.69) is 15.9 Å². The molecule has 0 radical (unpaired) electrons. The van der Waals surface area contributed by atoms with Crippen molar-refractivity contribution in [1.29, 1.82) is 0 Å². The molecule has 3 saturated heterocycles. The third kappa shape index (κ3) is 15.0. The number of carbonyl (C=O) groups excluding carboxylic acids is 2. The molecule has 418 valence electrons. The number of amides is 2. The number of nitrogens with zero attached hydrogens (tertiary/aromatic N) is 2. The number of hydrogen-bond donors (Lipinski definition) is 2. The number of ether oxygens (including phenoxy) is 2. The van der Waals surface area contributed by atoms with Crippen LogP contribution in [0.1, 0.15) is 140 Å². The van der Waals surface area contributed by atoms with Gasteiger partial charge in [0, 0.05) is 29.7 Å². The molecular weight excluding hydrogens is 1040 g/mol. The Bertz CT molecular complexity index is 2620. The average molecular weight is 1130 g/mol. The lowest BCUT2D eigenvalue weighted by molar-refractivity contribution is -0.118. The van der Waals surface area contributed by atoms with Gasteiger partial charge in [-0.05, 0) is 176 Å². The molecule has 77 heavy (non-hydrogen) atoms. The highest BCUT2D eigenvalue weighted by Crippen LogP contribution is 2.43. The van der Waals surface area contributed by atoms with E-state index < -0.39 is 32.3 Å². The normalized spacial score (nSPS) is 20.1. The Hall–Kier alpha value is -4.23. The summed E-state index contributed by atoms with van der Waals surface area (Å²) in [6, 6.07) is 27.3. The van der Waals surface area contributed by atoms with Crippen LogP contribution < -0.4 is 24.7 Å². The van der Waals surface area contributed by atoms with Gasteiger partial charge in [-0.15, -0.1) is 0 Å². The number of hydrogen-bond acceptors (Lipinski definition) is 12. The van der Waals surface area contributed by atoms with Gasteiger partial charge < -0.3 is 57.4 Å². The van der Waals surface area contributed by atoms with Gasteiger partial charge in [0.2, 0.25) is 11.8 Å². The zero-order valence-corrected chi connectivity index (χ0v) is 49.3. The second-order valence-electron chi connectivity index (χ2n) is 24.9. The molecule has 2 amide bonds. The molecule has 5 heterocycles. The van der Waals surface area contributed by atoms with E-state index in [4.69, 9.17) is 37.4 Å². The summed E-state index contributed by atoms with van der Waals surface area (Å²) in [7, 11) is -1.36. The molecule has 0 atom stereocenters. The second kappa shape index (κ2) is 23.1. The molecule has 18 heteroatoms. The average Bonchev–Trinajstić information content (AvgIpc) is 4.08. The van der Waals surface area contributed by atoms with E-state index in [0.29, 0.717) is 37.4 Å². The topological polar surface area (TPSA) is 155 Å². The van der Waals surface area contributed by atoms with Crippen LogP contribution in [0.25, 0.3) is 0 Å². The molecule has 4 aromatic rings. The van der Waals surface area contributed by atoms with Crippen LogP contribution in [0.15, 0.2) is 89.4 Å². The molecule has 3 fully saturated rings. The maximum atomic E-state index is 13.1. The van der Waals surface area contributed by atoms with Crippen molar-refractivity contribution in [3.8, 4) is 11.5 Å². The van der Waals surface area contributed by atoms with Gasteiger partial charge in [0.1, 0.15) is 24.7 Å². The summed E-state index contributed by atoms with van der Waals surface area (Å²) in [6.07, 6.45) is 2.38. The Kier molecular flexibility index (Phi) is 18.6. The highest BCUT2D eigenvalue weighted by atomic mass is 79.9. The molecule has 0 bridgehead atoms. The standard InChI is InChI=1S/C26H34BNO5.C20H22BrNO3.C12H24B2O4.CH4/c1-24(2,30)17-31-21-12-9-19-13-14-28(22(19)16-21)23(29)15-18-7-10-20(11-8-18)27-32-25(3,4)26(5,6)33-27;1-20(2,24)13-25-17-8-5-15-9-10-22(18(15)12-17)19(23)11-14-3-6-16(21)7-4-14;1-9(2)10(3,4)16-13(15-9)14-17-11(5,6)12(7,8)18-14;/h7-12,16,30H,13-15,17H2,1-6H3;3-8,12,24H,9-11,13H2,1-2H3;1-8H3;1H4. The fraction of sp³-hybridized carbons (Fsp3) is 0.559. The summed E-state index contributed by atoms with van der Waals surface area (Å²) in [5, 5.41) is 19.7. The molecule has 5 aliphatic rings. The molecular formula is C59H84B3BrN2O12. The van der Waals surface area contributed by atoms with Crippen LogP contribution in [-0.2, 0) is 63.2 Å². The predicted molar refractivity (Wildman–Crippen MR) is 311 cm³/mol. The number of aliphatic hydroxyl groups is 2. The molecule has 0 spiro atoms. The van der Waals surface area contributed by atoms with E-state index in [9.17, 15) is 19.8 Å². The quantitative estimate of drug-likeness (QED) is 0.130. The zero-order chi connectivity index (χ0) is 56.0. The monoisotopic (exact) mass is 1120 g/mol. The van der Waals surface area contributed by atoms with Crippen LogP contribution in [0.2, 0.25) is 0 Å². The maximum absolute atomic E-state index is 13.1. The Morgan fingerprint density at radius 1 is 0.532 bits per heavy atom. The van der Waals surface area contributed by atoms with Crippen LogP contribution >= 0.6 is 15.9 Å². The lowest BCUT2D eigenvalue weighted by atomic mass is 9.49. The van der Waals surface area contributed by atoms with Crippen LogP contribution in [0, 0.1) is 0 Å². The van der Waals surface area contributed by atoms with E-state index in [1.807, 2.05) is 178 Å². The Labute approximate surface area is 468 Å². The predicted octanol–water partition coefficient (Wildman–Crippen LogP) is 9.88. The van der Waals surface area contributed by atoms with Crippen LogP contribution in [0.3, 0.4) is 0 Å². The summed E-state index contributed by atoms with van der Waals surface area (Å²) >= 11 is 3.41. The van der Waals surface area contributed by atoms with E-state index in [1.54, 1.807) is 27.7 Å². The van der Waals surface area contributed by atoms with Gasteiger partial charge in [0.05, 0.1) is 69.0 Å². The van der Waals surface area contributed by atoms with Gasteiger partial charge in [0.15, 0.2) is 0 Å². The first-order chi connectivity index (χ1) is 35.0. The fourth-order valence-electron chi connectivity index (χ4n) is 8.85. The van der Waals surface area contributed by atoms with Crippen molar-refractivity contribution in [2.24, 2.45) is 0 Å². The first-order valence-electron chi connectivity index (χ1n) is 26.5. The minimum Gasteiger partial charge on any atom is -0.491 e. The SMILES string of the molecule is C.CC(C)(O)COc1ccc2c(c1)N(C(=O)Cc1ccc(B3OC(C)(C)C(C)(C)O3)cc1)CC2.CC(C)(O)COc1ccc2c(c1)N(C(=O)Cc1ccc(Br)cc1)CC2.CC1(C)OB(B2OC(C)(C)C(C)(C)O2)OC1(C)C. The van der Waals surface area contributed by atoms with Crippen molar-refractivity contribution < 1.29 is 57.2 Å². The van der Waals surface area contributed by atoms with E-state index in [0.717, 1.165) is 56.4 Å². The minimum absolute atomic E-state index is 0. The Morgan fingerprint density at radius 3 is 1.19 bits per heavy atom. The van der Waals surface area contributed by atoms with Crippen molar-refractivity contribution in [2.45, 2.75) is 189 Å². The van der Waals surface area contributed by atoms with E-state index in [1.165, 1.54) is 0 Å². The first kappa shape index (κ1) is 62.0. The molecule has 2 N–H and O–H groups in total. The summed E-state index contributed by atoms with van der Waals surface area (Å²) in [4.78, 5) is 29.5. The van der Waals surface area contributed by atoms with Gasteiger partial charge in [-0.3, -0.25) is 9.59 Å². The largest absolute Gasteiger partial charge is 0.494 e. The smallest absolute Gasteiger partial charge is 0.491 e. The lowest BCUT2D eigenvalue weighted by Crippen LogP contribution is -2.41. The molecule has 0 aromatic heterocycles. The third-order valence-corrected chi connectivity index (χ3v) is 16.1. The number of benzene rings is 4. The summed E-state index contributed by atoms with van der Waals surface area (Å²) in [5.41, 5.74) is 2.97. The summed E-state index contributed by atoms with van der Waals surface area (Å²) in [6.45, 7) is 32.9. The van der Waals surface area contributed by atoms with E-state index in [-0.39, 0.29) is 66.1 Å². The minimum atomic E-state index is -0.916. The zero-order valence-electron chi connectivity index (χ0n) is 47.7. The van der Waals surface area contributed by atoms with Crippen molar-refractivity contribution in [3.63, 3.8) is 0 Å². The highest BCUT2D eigenvalue weighted by molar-refractivity contribution is 9.10. The van der Waals surface area contributed by atoms with Crippen LogP contribution in [-0.4, -0.2) is 114 Å². The Balaban J connectivity index is 0.000000194. The second-order valence-corrected chi connectivity index (χ2v) is 25.8. The van der Waals surface area contributed by atoms with Crippen LogP contribution in [0.4, 0.5) is 11.4 Å². The van der Waals surface area contributed by atoms with Crippen molar-refractivity contribution >= 4 is 65.7 Å². The first-order valence-corrected chi connectivity index (χ1v) is 27.3. The molecule has 9 rings (SSSR count).